The Labute approximate surface area is 181 Å². The van der Waals surface area contributed by atoms with Crippen LogP contribution in [-0.4, -0.2) is 21.9 Å². The van der Waals surface area contributed by atoms with E-state index in [2.05, 4.69) is 49.4 Å². The molecule has 0 saturated heterocycles. The summed E-state index contributed by atoms with van der Waals surface area (Å²) < 4.78 is 1.67. The van der Waals surface area contributed by atoms with Crippen LogP contribution in [0.3, 0.4) is 0 Å². The van der Waals surface area contributed by atoms with Gasteiger partial charge in [-0.05, 0) is 41.0 Å². The number of nitrogens with one attached hydrogen (secondary N) is 1. The van der Waals surface area contributed by atoms with Gasteiger partial charge in [-0.15, -0.1) is 16.9 Å². The van der Waals surface area contributed by atoms with Crippen LogP contribution < -0.4 is 5.32 Å². The number of aromatic nitrogens is 2. The van der Waals surface area contributed by atoms with E-state index in [-0.39, 0.29) is 17.1 Å². The number of thioether (sulfide) groups is 1. The third-order valence-corrected chi connectivity index (χ3v) is 5.36. The number of carbonyl (C=O) groups is 1. The number of carbonyl (C=O) groups excluding carboxylic acids is 1. The quantitative estimate of drug-likeness (QED) is 0.446. The van der Waals surface area contributed by atoms with E-state index in [1.807, 2.05) is 48.7 Å². The molecule has 152 valence electrons. The number of para-hydroxylation sites is 1. The van der Waals surface area contributed by atoms with Crippen LogP contribution in [-0.2, 0) is 10.2 Å². The fourth-order valence-corrected chi connectivity index (χ4v) is 3.61. The molecule has 30 heavy (non-hydrogen) atoms. The number of nitriles is 1. The molecule has 0 saturated carbocycles. The first-order valence-electron chi connectivity index (χ1n) is 9.55. The molecule has 0 fully saturated rings. The predicted molar refractivity (Wildman–Crippen MR) is 123 cm³/mol. The Morgan fingerprint density at radius 3 is 2.37 bits per heavy atom. The zero-order chi connectivity index (χ0) is 21.7. The molecule has 1 N–H and O–H groups in total. The van der Waals surface area contributed by atoms with Gasteiger partial charge >= 0.3 is 0 Å². The largest absolute Gasteiger partial charge is 0.304 e. The molecule has 2 aromatic carbocycles. The fraction of sp³-hybridized carbons (Fsp3) is 0.208. The maximum Gasteiger partial charge on any atom is 0.249 e. The third kappa shape index (κ3) is 4.81. The third-order valence-electron chi connectivity index (χ3n) is 4.59. The van der Waals surface area contributed by atoms with E-state index in [4.69, 9.17) is 0 Å². The van der Waals surface area contributed by atoms with Crippen molar-refractivity contribution >= 4 is 29.6 Å². The van der Waals surface area contributed by atoms with Crippen LogP contribution in [0.15, 0.2) is 65.7 Å². The van der Waals surface area contributed by atoms with Crippen molar-refractivity contribution in [2.24, 2.45) is 0 Å². The summed E-state index contributed by atoms with van der Waals surface area (Å²) in [5.41, 5.74) is 3.42. The SMILES string of the molecule is CSc1c(C#N)c(NC(=O)/C=C/c2ccc(C(C)(C)C)cc2)nn1-c1ccccc1. The van der Waals surface area contributed by atoms with Crippen molar-refractivity contribution in [2.75, 3.05) is 11.6 Å². The van der Waals surface area contributed by atoms with Gasteiger partial charge in [-0.2, -0.15) is 5.26 Å². The second kappa shape index (κ2) is 9.02. The highest BCUT2D eigenvalue weighted by Crippen LogP contribution is 2.29. The molecule has 0 radical (unpaired) electrons. The number of nitrogens with zero attached hydrogens (tertiary/aromatic N) is 3. The smallest absolute Gasteiger partial charge is 0.249 e. The van der Waals surface area contributed by atoms with Crippen molar-refractivity contribution in [3.63, 3.8) is 0 Å². The second-order valence-corrected chi connectivity index (χ2v) is 8.58. The molecular formula is C24H24N4OS. The highest BCUT2D eigenvalue weighted by atomic mass is 32.2. The first-order chi connectivity index (χ1) is 14.3. The molecule has 3 rings (SSSR count). The maximum atomic E-state index is 12.5. The van der Waals surface area contributed by atoms with Crippen LogP contribution >= 0.6 is 11.8 Å². The van der Waals surface area contributed by atoms with Crippen molar-refractivity contribution in [1.29, 1.82) is 5.26 Å². The molecular weight excluding hydrogens is 392 g/mol. The van der Waals surface area contributed by atoms with E-state index < -0.39 is 0 Å². The minimum Gasteiger partial charge on any atom is -0.304 e. The van der Waals surface area contributed by atoms with E-state index in [1.165, 1.54) is 23.4 Å². The molecule has 0 unspecified atom stereocenters. The molecule has 6 heteroatoms. The normalized spacial score (nSPS) is 11.4. The van der Waals surface area contributed by atoms with E-state index in [0.717, 1.165) is 11.3 Å². The second-order valence-electron chi connectivity index (χ2n) is 7.79. The lowest BCUT2D eigenvalue weighted by Gasteiger charge is -2.18. The summed E-state index contributed by atoms with van der Waals surface area (Å²) in [6, 6.07) is 19.8. The summed E-state index contributed by atoms with van der Waals surface area (Å²) in [7, 11) is 0. The number of amides is 1. The minimum atomic E-state index is -0.336. The van der Waals surface area contributed by atoms with Gasteiger partial charge in [0.05, 0.1) is 5.69 Å². The Balaban J connectivity index is 1.80. The van der Waals surface area contributed by atoms with E-state index in [9.17, 15) is 10.1 Å². The summed E-state index contributed by atoms with van der Waals surface area (Å²) in [5, 5.41) is 17.5. The number of hydrogen-bond acceptors (Lipinski definition) is 4. The van der Waals surface area contributed by atoms with Gasteiger partial charge < -0.3 is 5.32 Å². The molecule has 1 aromatic heterocycles. The molecule has 0 spiro atoms. The molecule has 0 bridgehead atoms. The van der Waals surface area contributed by atoms with Crippen LogP contribution in [0.1, 0.15) is 37.5 Å². The van der Waals surface area contributed by atoms with Crippen LogP contribution in [0.5, 0.6) is 0 Å². The maximum absolute atomic E-state index is 12.5. The summed E-state index contributed by atoms with van der Waals surface area (Å²) >= 11 is 1.41. The summed E-state index contributed by atoms with van der Waals surface area (Å²) in [6.45, 7) is 6.49. The lowest BCUT2D eigenvalue weighted by Crippen LogP contribution is -2.10. The van der Waals surface area contributed by atoms with Crippen LogP contribution in [0.2, 0.25) is 0 Å². The zero-order valence-corrected chi connectivity index (χ0v) is 18.3. The molecule has 0 atom stereocenters. The van der Waals surface area contributed by atoms with Crippen molar-refractivity contribution in [1.82, 2.24) is 9.78 Å². The van der Waals surface area contributed by atoms with Crippen molar-refractivity contribution in [3.8, 4) is 11.8 Å². The number of rotatable bonds is 5. The summed E-state index contributed by atoms with van der Waals surface area (Å²) in [4.78, 5) is 12.5. The van der Waals surface area contributed by atoms with Gasteiger partial charge in [0, 0.05) is 6.08 Å². The molecule has 0 aliphatic rings. The van der Waals surface area contributed by atoms with Crippen molar-refractivity contribution in [3.05, 3.63) is 77.4 Å². The fourth-order valence-electron chi connectivity index (χ4n) is 2.95. The van der Waals surface area contributed by atoms with Crippen LogP contribution in [0.4, 0.5) is 5.82 Å². The Morgan fingerprint density at radius 1 is 1.13 bits per heavy atom. The topological polar surface area (TPSA) is 70.7 Å². The van der Waals surface area contributed by atoms with Gasteiger partial charge in [0.1, 0.15) is 16.7 Å². The number of anilines is 1. The molecule has 5 nitrogen and oxygen atoms in total. The summed E-state index contributed by atoms with van der Waals surface area (Å²) in [6.07, 6.45) is 5.08. The Hall–Kier alpha value is -3.30. The van der Waals surface area contributed by atoms with Gasteiger partial charge in [-0.3, -0.25) is 4.79 Å². The number of hydrogen-bond donors (Lipinski definition) is 1. The van der Waals surface area contributed by atoms with Gasteiger partial charge in [-0.25, -0.2) is 4.68 Å². The molecule has 1 amide bonds. The lowest BCUT2D eigenvalue weighted by molar-refractivity contribution is -0.111. The van der Waals surface area contributed by atoms with Crippen molar-refractivity contribution < 1.29 is 4.79 Å². The molecule has 0 aliphatic heterocycles. The Kier molecular flexibility index (Phi) is 6.43. The average Bonchev–Trinajstić information content (AvgIpc) is 3.09. The lowest BCUT2D eigenvalue weighted by atomic mass is 9.87. The monoisotopic (exact) mass is 416 g/mol. The highest BCUT2D eigenvalue weighted by Gasteiger charge is 2.19. The standard InChI is InChI=1S/C24H24N4OS/c1-24(2,3)18-13-10-17(11-14-18)12-15-21(29)26-22-20(16-25)23(30-4)28(27-22)19-8-6-5-7-9-19/h5-15H,1-4H3,(H,26,27,29)/b15-12+. The van der Waals surface area contributed by atoms with Crippen LogP contribution in [0.25, 0.3) is 11.8 Å². The van der Waals surface area contributed by atoms with Crippen LogP contribution in [0, 0.1) is 11.3 Å². The molecule has 3 aromatic rings. The first kappa shape index (κ1) is 21.4. The zero-order valence-electron chi connectivity index (χ0n) is 17.5. The Bertz CT molecular complexity index is 1100. The van der Waals surface area contributed by atoms with Gasteiger partial charge in [-0.1, -0.05) is 63.2 Å². The molecule has 1 heterocycles. The van der Waals surface area contributed by atoms with Gasteiger partial charge in [0.2, 0.25) is 5.91 Å². The van der Waals surface area contributed by atoms with E-state index in [1.54, 1.807) is 10.8 Å². The summed E-state index contributed by atoms with van der Waals surface area (Å²) in [5.74, 6) is -0.0832. The van der Waals surface area contributed by atoms with Gasteiger partial charge in [0.25, 0.3) is 0 Å². The predicted octanol–water partition coefficient (Wildman–Crippen LogP) is 5.42. The Morgan fingerprint density at radius 2 is 1.80 bits per heavy atom. The highest BCUT2D eigenvalue weighted by molar-refractivity contribution is 7.98. The first-order valence-corrected chi connectivity index (χ1v) is 10.8. The minimum absolute atomic E-state index is 0.0832. The van der Waals surface area contributed by atoms with Gasteiger partial charge in [0.15, 0.2) is 5.82 Å². The van der Waals surface area contributed by atoms with E-state index in [0.29, 0.717) is 10.6 Å². The number of benzene rings is 2. The average molecular weight is 417 g/mol. The molecule has 0 aliphatic carbocycles. The van der Waals surface area contributed by atoms with Crippen molar-refractivity contribution in [2.45, 2.75) is 31.2 Å². The van der Waals surface area contributed by atoms with E-state index >= 15 is 0 Å².